The molecule has 1 spiro atoms. The lowest BCUT2D eigenvalue weighted by Crippen LogP contribution is -2.39. The van der Waals surface area contributed by atoms with E-state index in [4.69, 9.17) is 4.74 Å². The summed E-state index contributed by atoms with van der Waals surface area (Å²) in [6.07, 6.45) is 3.25. The first-order chi connectivity index (χ1) is 8.44. The fraction of sp³-hybridized carbons (Fsp3) is 0.692. The lowest BCUT2D eigenvalue weighted by molar-refractivity contribution is -0.148. The Hall–Kier alpha value is -1.36. The molecule has 3 heterocycles. The molecular weight excluding hydrogens is 234 g/mol. The van der Waals surface area contributed by atoms with E-state index in [1.807, 2.05) is 19.9 Å². The number of rotatable bonds is 3. The number of carboxylic acid groups (broad SMARTS) is 1. The number of likely N-dealkylation sites (tertiary alicyclic amines) is 1. The average molecular weight is 251 g/mol. The van der Waals surface area contributed by atoms with Crippen LogP contribution in [0.15, 0.2) is 12.2 Å². The molecule has 2 bridgehead atoms. The van der Waals surface area contributed by atoms with Gasteiger partial charge in [-0.05, 0) is 5.92 Å². The van der Waals surface area contributed by atoms with E-state index in [1.165, 1.54) is 0 Å². The van der Waals surface area contributed by atoms with Crippen LogP contribution in [0, 0.1) is 17.8 Å². The van der Waals surface area contributed by atoms with E-state index in [-0.39, 0.29) is 5.91 Å². The first-order valence-electron chi connectivity index (χ1n) is 6.33. The number of carboxylic acids is 1. The van der Waals surface area contributed by atoms with Crippen molar-refractivity contribution in [2.75, 3.05) is 13.1 Å². The quantitative estimate of drug-likeness (QED) is 0.742. The van der Waals surface area contributed by atoms with Gasteiger partial charge >= 0.3 is 5.97 Å². The van der Waals surface area contributed by atoms with Gasteiger partial charge in [0.2, 0.25) is 5.91 Å². The lowest BCUT2D eigenvalue weighted by Gasteiger charge is -2.22. The molecule has 0 aliphatic carbocycles. The smallest absolute Gasteiger partial charge is 0.310 e. The number of hydrogen-bond donors (Lipinski definition) is 1. The summed E-state index contributed by atoms with van der Waals surface area (Å²) in [4.78, 5) is 25.4. The van der Waals surface area contributed by atoms with Crippen molar-refractivity contribution in [2.24, 2.45) is 17.8 Å². The molecular formula is C13H17NO4. The summed E-state index contributed by atoms with van der Waals surface area (Å²) in [5.41, 5.74) is -0.681. The standard InChI is InChI=1S/C13H17NO4/c1-7(2)5-14-6-13-4-3-8(18-13)9(12(16)17)10(13)11(14)15/h3-4,7-10H,5-6H2,1-2H3,(H,16,17)/t8-,9+,10-,13-/m1/s1. The first-order valence-corrected chi connectivity index (χ1v) is 6.33. The van der Waals surface area contributed by atoms with E-state index >= 15 is 0 Å². The third kappa shape index (κ3) is 1.37. The van der Waals surface area contributed by atoms with Crippen LogP contribution in [-0.4, -0.2) is 46.7 Å². The minimum Gasteiger partial charge on any atom is -0.481 e. The van der Waals surface area contributed by atoms with Gasteiger partial charge in [-0.2, -0.15) is 0 Å². The lowest BCUT2D eigenvalue weighted by atomic mass is 9.77. The fourth-order valence-electron chi connectivity index (χ4n) is 3.46. The third-order valence-electron chi connectivity index (χ3n) is 4.05. The highest BCUT2D eigenvalue weighted by molar-refractivity contribution is 5.90. The number of hydrogen-bond acceptors (Lipinski definition) is 3. The zero-order valence-corrected chi connectivity index (χ0v) is 10.5. The molecule has 5 heteroatoms. The molecule has 3 aliphatic heterocycles. The second-order valence-electron chi connectivity index (χ2n) is 5.85. The van der Waals surface area contributed by atoms with Gasteiger partial charge in [-0.15, -0.1) is 0 Å². The van der Waals surface area contributed by atoms with Crippen molar-refractivity contribution in [1.29, 1.82) is 0 Å². The van der Waals surface area contributed by atoms with Crippen LogP contribution >= 0.6 is 0 Å². The van der Waals surface area contributed by atoms with E-state index in [0.29, 0.717) is 19.0 Å². The molecule has 1 amide bonds. The highest BCUT2D eigenvalue weighted by Gasteiger charge is 2.66. The highest BCUT2D eigenvalue weighted by atomic mass is 16.5. The molecule has 0 aromatic heterocycles. The molecule has 98 valence electrons. The van der Waals surface area contributed by atoms with Crippen LogP contribution in [0.3, 0.4) is 0 Å². The van der Waals surface area contributed by atoms with E-state index in [9.17, 15) is 14.7 Å². The molecule has 5 nitrogen and oxygen atoms in total. The van der Waals surface area contributed by atoms with Crippen molar-refractivity contribution in [2.45, 2.75) is 25.6 Å². The molecule has 0 unspecified atom stereocenters. The van der Waals surface area contributed by atoms with Crippen molar-refractivity contribution in [3.63, 3.8) is 0 Å². The summed E-state index contributed by atoms with van der Waals surface area (Å²) in [6.45, 7) is 5.24. The van der Waals surface area contributed by atoms with Crippen LogP contribution in [-0.2, 0) is 14.3 Å². The van der Waals surface area contributed by atoms with Crippen LogP contribution in [0.2, 0.25) is 0 Å². The first kappa shape index (κ1) is 11.7. The van der Waals surface area contributed by atoms with E-state index in [2.05, 4.69) is 0 Å². The topological polar surface area (TPSA) is 66.8 Å². The van der Waals surface area contributed by atoms with Crippen LogP contribution in [0.5, 0.6) is 0 Å². The summed E-state index contributed by atoms with van der Waals surface area (Å²) >= 11 is 0. The monoisotopic (exact) mass is 251 g/mol. The number of nitrogens with zero attached hydrogens (tertiary/aromatic N) is 1. The van der Waals surface area contributed by atoms with Gasteiger partial charge < -0.3 is 14.7 Å². The van der Waals surface area contributed by atoms with Crippen molar-refractivity contribution in [3.8, 4) is 0 Å². The molecule has 0 aromatic rings. The fourth-order valence-corrected chi connectivity index (χ4v) is 3.46. The van der Waals surface area contributed by atoms with Gasteiger partial charge in [-0.25, -0.2) is 0 Å². The van der Waals surface area contributed by atoms with Crippen LogP contribution in [0.1, 0.15) is 13.8 Å². The Morgan fingerprint density at radius 1 is 1.67 bits per heavy atom. The number of carbonyl (C=O) groups is 2. The Kier molecular flexibility index (Phi) is 2.32. The minimum absolute atomic E-state index is 0.0667. The van der Waals surface area contributed by atoms with Crippen LogP contribution in [0.4, 0.5) is 0 Å². The Bertz CT molecular complexity index is 444. The highest BCUT2D eigenvalue weighted by Crippen LogP contribution is 2.51. The summed E-state index contributed by atoms with van der Waals surface area (Å²) < 4.78 is 5.79. The van der Waals surface area contributed by atoms with Gasteiger partial charge in [-0.3, -0.25) is 9.59 Å². The second kappa shape index (κ2) is 3.57. The molecule has 3 rings (SSSR count). The Morgan fingerprint density at radius 2 is 2.39 bits per heavy atom. The average Bonchev–Trinajstić information content (AvgIpc) is 2.87. The van der Waals surface area contributed by atoms with Crippen molar-refractivity contribution in [1.82, 2.24) is 4.90 Å². The van der Waals surface area contributed by atoms with Gasteiger partial charge in [0.25, 0.3) is 0 Å². The number of aliphatic carboxylic acids is 1. The molecule has 4 atom stereocenters. The minimum atomic E-state index is -0.934. The molecule has 0 radical (unpaired) electrons. The van der Waals surface area contributed by atoms with Crippen molar-refractivity contribution in [3.05, 3.63) is 12.2 Å². The number of fused-ring (bicyclic) bond motifs is 1. The molecule has 3 aliphatic rings. The predicted octanol–water partition coefficient (Wildman–Crippen LogP) is 0.509. The Balaban J connectivity index is 1.92. The SMILES string of the molecule is CC(C)CN1C[C@@]23C=C[C@@H](O2)[C@H](C(=O)O)[C@@H]3C1=O. The maximum absolute atomic E-state index is 12.4. The van der Waals surface area contributed by atoms with Gasteiger partial charge in [0.1, 0.15) is 11.5 Å². The van der Waals surface area contributed by atoms with Gasteiger partial charge in [0.15, 0.2) is 0 Å². The van der Waals surface area contributed by atoms with Crippen LogP contribution < -0.4 is 0 Å². The molecule has 18 heavy (non-hydrogen) atoms. The predicted molar refractivity (Wildman–Crippen MR) is 62.8 cm³/mol. The zero-order chi connectivity index (χ0) is 13.1. The van der Waals surface area contributed by atoms with Crippen molar-refractivity contribution >= 4 is 11.9 Å². The number of carbonyl (C=O) groups excluding carboxylic acids is 1. The third-order valence-corrected chi connectivity index (χ3v) is 4.05. The summed E-state index contributed by atoms with van der Waals surface area (Å²) in [7, 11) is 0. The largest absolute Gasteiger partial charge is 0.481 e. The van der Waals surface area contributed by atoms with E-state index in [1.54, 1.807) is 11.0 Å². The van der Waals surface area contributed by atoms with E-state index in [0.717, 1.165) is 0 Å². The Labute approximate surface area is 105 Å². The van der Waals surface area contributed by atoms with Gasteiger partial charge in [0.05, 0.1) is 18.6 Å². The number of amides is 1. The zero-order valence-electron chi connectivity index (χ0n) is 10.5. The van der Waals surface area contributed by atoms with Crippen LogP contribution in [0.25, 0.3) is 0 Å². The van der Waals surface area contributed by atoms with Gasteiger partial charge in [-0.1, -0.05) is 26.0 Å². The molecule has 1 N–H and O–H groups in total. The summed E-state index contributed by atoms with van der Waals surface area (Å²) in [6, 6.07) is 0. The maximum Gasteiger partial charge on any atom is 0.310 e. The van der Waals surface area contributed by atoms with Crippen molar-refractivity contribution < 1.29 is 19.4 Å². The molecule has 2 fully saturated rings. The summed E-state index contributed by atoms with van der Waals surface area (Å²) in [5, 5.41) is 9.28. The van der Waals surface area contributed by atoms with E-state index < -0.39 is 29.5 Å². The normalized spacial score (nSPS) is 40.9. The van der Waals surface area contributed by atoms with Gasteiger partial charge in [0, 0.05) is 6.54 Å². The molecule has 0 aromatic carbocycles. The molecule has 2 saturated heterocycles. The second-order valence-corrected chi connectivity index (χ2v) is 5.85. The maximum atomic E-state index is 12.4. The Morgan fingerprint density at radius 3 is 3.00 bits per heavy atom. The summed E-state index contributed by atoms with van der Waals surface area (Å²) in [5.74, 6) is -1.89. The number of ether oxygens (including phenoxy) is 1. The molecule has 0 saturated carbocycles.